The summed E-state index contributed by atoms with van der Waals surface area (Å²) in [5.41, 5.74) is 8.55. The van der Waals surface area contributed by atoms with Crippen molar-refractivity contribution in [2.24, 2.45) is 10.7 Å². The molecule has 2 rings (SSSR count). The smallest absolute Gasteiger partial charge is 0.0792 e. The van der Waals surface area contributed by atoms with Crippen LogP contribution in [0.15, 0.2) is 45.5 Å². The molecule has 13 heavy (non-hydrogen) atoms. The number of aliphatic imine (C=N–C) groups is 1. The van der Waals surface area contributed by atoms with E-state index in [-0.39, 0.29) is 0 Å². The van der Waals surface area contributed by atoms with Crippen LogP contribution < -0.4 is 5.73 Å². The minimum Gasteiger partial charge on any atom is -0.400 e. The summed E-state index contributed by atoms with van der Waals surface area (Å²) in [6.45, 7) is 0.630. The molecule has 1 aliphatic rings. The molecule has 0 unspecified atom stereocenters. The van der Waals surface area contributed by atoms with Crippen LogP contribution in [0.3, 0.4) is 0 Å². The third kappa shape index (κ3) is 1.80. The Bertz CT molecular complexity index is 376. The molecule has 0 saturated heterocycles. The highest BCUT2D eigenvalue weighted by Gasteiger charge is 2.06. The van der Waals surface area contributed by atoms with E-state index in [1.165, 1.54) is 0 Å². The van der Waals surface area contributed by atoms with Crippen LogP contribution >= 0.6 is 15.9 Å². The summed E-state index contributed by atoms with van der Waals surface area (Å²) in [5.74, 6) is 0. The minimum atomic E-state index is 0.630. The lowest BCUT2D eigenvalue weighted by Gasteiger charge is -1.97. The Kier molecular flexibility index (Phi) is 2.19. The molecule has 1 heterocycles. The predicted molar refractivity (Wildman–Crippen MR) is 57.8 cm³/mol. The number of halogens is 1. The van der Waals surface area contributed by atoms with E-state index < -0.39 is 0 Å². The van der Waals surface area contributed by atoms with Gasteiger partial charge in [-0.15, -0.1) is 0 Å². The van der Waals surface area contributed by atoms with Gasteiger partial charge in [0.05, 0.1) is 12.3 Å². The number of rotatable bonds is 1. The van der Waals surface area contributed by atoms with Crippen molar-refractivity contribution < 1.29 is 0 Å². The van der Waals surface area contributed by atoms with Gasteiger partial charge >= 0.3 is 0 Å². The fraction of sp³-hybridized carbons (Fsp3) is 0.100. The van der Waals surface area contributed by atoms with Crippen molar-refractivity contribution in [3.05, 3.63) is 46.1 Å². The van der Waals surface area contributed by atoms with E-state index in [0.717, 1.165) is 21.4 Å². The molecule has 0 radical (unpaired) electrons. The lowest BCUT2D eigenvalue weighted by Crippen LogP contribution is -1.96. The average molecular weight is 237 g/mol. The quantitative estimate of drug-likeness (QED) is 0.797. The van der Waals surface area contributed by atoms with Crippen molar-refractivity contribution in [3.63, 3.8) is 0 Å². The molecule has 2 nitrogen and oxygen atoms in total. The second-order valence-electron chi connectivity index (χ2n) is 2.93. The highest BCUT2D eigenvalue weighted by atomic mass is 79.9. The van der Waals surface area contributed by atoms with Crippen molar-refractivity contribution in [3.8, 4) is 0 Å². The third-order valence-corrected chi connectivity index (χ3v) is 2.42. The number of nitrogens with zero attached hydrogens (tertiary/aromatic N) is 1. The molecule has 66 valence electrons. The molecule has 0 spiro atoms. The van der Waals surface area contributed by atoms with Gasteiger partial charge in [0.1, 0.15) is 0 Å². The zero-order chi connectivity index (χ0) is 9.26. The summed E-state index contributed by atoms with van der Waals surface area (Å²) in [6.07, 6.45) is 1.92. The van der Waals surface area contributed by atoms with Gasteiger partial charge in [-0.1, -0.05) is 28.1 Å². The Morgan fingerprint density at radius 3 is 2.46 bits per heavy atom. The van der Waals surface area contributed by atoms with Gasteiger partial charge in [0.2, 0.25) is 0 Å². The normalized spacial score (nSPS) is 15.5. The van der Waals surface area contributed by atoms with Crippen LogP contribution in [0.2, 0.25) is 0 Å². The first-order valence-corrected chi connectivity index (χ1v) is 4.81. The van der Waals surface area contributed by atoms with Crippen LogP contribution in [-0.4, -0.2) is 12.3 Å². The molecule has 2 N–H and O–H groups in total. The molecule has 0 aromatic heterocycles. The zero-order valence-corrected chi connectivity index (χ0v) is 8.58. The summed E-state index contributed by atoms with van der Waals surface area (Å²) in [7, 11) is 0. The van der Waals surface area contributed by atoms with E-state index in [9.17, 15) is 0 Å². The first-order valence-electron chi connectivity index (χ1n) is 4.02. The van der Waals surface area contributed by atoms with Crippen molar-refractivity contribution in [2.45, 2.75) is 0 Å². The minimum absolute atomic E-state index is 0.630. The highest BCUT2D eigenvalue weighted by Crippen LogP contribution is 2.14. The Morgan fingerprint density at radius 2 is 1.92 bits per heavy atom. The maximum atomic E-state index is 5.63. The molecule has 0 fully saturated rings. The molecule has 0 aliphatic carbocycles. The molecule has 1 aromatic rings. The third-order valence-electron chi connectivity index (χ3n) is 1.89. The van der Waals surface area contributed by atoms with Gasteiger partial charge in [0, 0.05) is 10.2 Å². The summed E-state index contributed by atoms with van der Waals surface area (Å²) in [4.78, 5) is 4.30. The molecule has 0 bridgehead atoms. The second kappa shape index (κ2) is 3.34. The molecular weight excluding hydrogens is 228 g/mol. The van der Waals surface area contributed by atoms with E-state index in [0.29, 0.717) is 6.54 Å². The van der Waals surface area contributed by atoms with Crippen molar-refractivity contribution in [1.29, 1.82) is 0 Å². The van der Waals surface area contributed by atoms with Gasteiger partial charge in [-0.05, 0) is 23.8 Å². The summed E-state index contributed by atoms with van der Waals surface area (Å²) in [6, 6.07) is 8.05. The van der Waals surface area contributed by atoms with Crippen LogP contribution in [0.1, 0.15) is 5.56 Å². The Balaban J connectivity index is 2.32. The number of benzene rings is 1. The Hall–Kier alpha value is -1.09. The first-order chi connectivity index (χ1) is 6.25. The fourth-order valence-corrected chi connectivity index (χ4v) is 1.50. The Morgan fingerprint density at radius 1 is 1.23 bits per heavy atom. The summed E-state index contributed by atoms with van der Waals surface area (Å²) < 4.78 is 1.08. The molecule has 0 amide bonds. The van der Waals surface area contributed by atoms with E-state index in [1.54, 1.807) is 0 Å². The maximum absolute atomic E-state index is 5.63. The van der Waals surface area contributed by atoms with Gasteiger partial charge < -0.3 is 5.73 Å². The molecule has 1 aromatic carbocycles. The van der Waals surface area contributed by atoms with Gasteiger partial charge in [0.25, 0.3) is 0 Å². The Labute approximate surface area is 85.3 Å². The SMILES string of the molecule is NC1=CC(c2ccc(Br)cc2)=NC1. The average Bonchev–Trinajstić information content (AvgIpc) is 2.53. The maximum Gasteiger partial charge on any atom is 0.0792 e. The van der Waals surface area contributed by atoms with Crippen LogP contribution in [0.5, 0.6) is 0 Å². The van der Waals surface area contributed by atoms with E-state index in [2.05, 4.69) is 20.9 Å². The van der Waals surface area contributed by atoms with E-state index in [4.69, 9.17) is 5.73 Å². The largest absolute Gasteiger partial charge is 0.400 e. The molecular formula is C10H9BrN2. The zero-order valence-electron chi connectivity index (χ0n) is 7.00. The van der Waals surface area contributed by atoms with E-state index >= 15 is 0 Å². The van der Waals surface area contributed by atoms with Gasteiger partial charge in [-0.3, -0.25) is 4.99 Å². The molecule has 0 atom stereocenters. The topological polar surface area (TPSA) is 38.4 Å². The first kappa shape index (κ1) is 8.51. The molecule has 3 heteroatoms. The van der Waals surface area contributed by atoms with Crippen molar-refractivity contribution in [2.75, 3.05) is 6.54 Å². The number of hydrogen-bond donors (Lipinski definition) is 1. The molecule has 0 saturated carbocycles. The summed E-state index contributed by atoms with van der Waals surface area (Å²) in [5, 5.41) is 0. The van der Waals surface area contributed by atoms with Gasteiger partial charge in [-0.25, -0.2) is 0 Å². The number of hydrogen-bond acceptors (Lipinski definition) is 2. The number of nitrogens with two attached hydrogens (primary N) is 1. The number of allylic oxidation sites excluding steroid dienone is 1. The lowest BCUT2D eigenvalue weighted by molar-refractivity contribution is 1.14. The summed E-state index contributed by atoms with van der Waals surface area (Å²) >= 11 is 3.39. The van der Waals surface area contributed by atoms with Crippen LogP contribution in [0.4, 0.5) is 0 Å². The van der Waals surface area contributed by atoms with Crippen LogP contribution in [0, 0.1) is 0 Å². The van der Waals surface area contributed by atoms with Crippen LogP contribution in [-0.2, 0) is 0 Å². The van der Waals surface area contributed by atoms with Crippen molar-refractivity contribution in [1.82, 2.24) is 0 Å². The lowest BCUT2D eigenvalue weighted by atomic mass is 10.1. The second-order valence-corrected chi connectivity index (χ2v) is 3.84. The fourth-order valence-electron chi connectivity index (χ4n) is 1.24. The van der Waals surface area contributed by atoms with Crippen LogP contribution in [0.25, 0.3) is 0 Å². The monoisotopic (exact) mass is 236 g/mol. The van der Waals surface area contributed by atoms with Gasteiger partial charge in [0.15, 0.2) is 0 Å². The van der Waals surface area contributed by atoms with Crippen molar-refractivity contribution >= 4 is 21.6 Å². The highest BCUT2D eigenvalue weighted by molar-refractivity contribution is 9.10. The standard InChI is InChI=1S/C10H9BrN2/c11-8-3-1-7(2-4-8)10-5-9(12)6-13-10/h1-5H,6,12H2. The predicted octanol–water partition coefficient (Wildman–Crippen LogP) is 2.09. The van der Waals surface area contributed by atoms with E-state index in [1.807, 2.05) is 30.3 Å². The van der Waals surface area contributed by atoms with Gasteiger partial charge in [-0.2, -0.15) is 0 Å². The molecule has 1 aliphatic heterocycles.